The van der Waals surface area contributed by atoms with Gasteiger partial charge in [0, 0.05) is 0 Å². The van der Waals surface area contributed by atoms with Crippen molar-refractivity contribution in [1.29, 1.82) is 0 Å². The highest BCUT2D eigenvalue weighted by Crippen LogP contribution is 2.21. The van der Waals surface area contributed by atoms with Gasteiger partial charge in [-0.1, -0.05) is 11.6 Å². The standard InChI is InChI=1S/C14H18O3/c1-4-17-13-8-7-12(14(15)16)9-11(13)6-5-10(2)3/h5,7-9H,4,6H2,1-3H3,(H,15,16). The van der Waals surface area contributed by atoms with E-state index in [9.17, 15) is 4.79 Å². The van der Waals surface area contributed by atoms with E-state index in [1.54, 1.807) is 18.2 Å². The molecule has 0 aromatic heterocycles. The van der Waals surface area contributed by atoms with Gasteiger partial charge in [-0.2, -0.15) is 0 Å². The third-order valence-corrected chi connectivity index (χ3v) is 2.34. The normalized spacial score (nSPS) is 9.82. The zero-order valence-corrected chi connectivity index (χ0v) is 10.5. The van der Waals surface area contributed by atoms with Crippen molar-refractivity contribution < 1.29 is 14.6 Å². The van der Waals surface area contributed by atoms with E-state index in [0.717, 1.165) is 11.3 Å². The lowest BCUT2D eigenvalue weighted by Gasteiger charge is -2.09. The van der Waals surface area contributed by atoms with Crippen LogP contribution in [0.15, 0.2) is 29.8 Å². The maximum absolute atomic E-state index is 10.9. The third kappa shape index (κ3) is 3.94. The number of hydrogen-bond acceptors (Lipinski definition) is 2. The van der Waals surface area contributed by atoms with E-state index in [0.29, 0.717) is 18.6 Å². The van der Waals surface area contributed by atoms with Gasteiger partial charge >= 0.3 is 5.97 Å². The zero-order chi connectivity index (χ0) is 12.8. The van der Waals surface area contributed by atoms with Crippen molar-refractivity contribution in [2.45, 2.75) is 27.2 Å². The Morgan fingerprint density at radius 2 is 2.12 bits per heavy atom. The fourth-order valence-corrected chi connectivity index (χ4v) is 1.48. The minimum Gasteiger partial charge on any atom is -0.494 e. The summed E-state index contributed by atoms with van der Waals surface area (Å²) in [5.41, 5.74) is 2.41. The molecule has 1 rings (SSSR count). The van der Waals surface area contributed by atoms with Crippen LogP contribution in [-0.4, -0.2) is 17.7 Å². The predicted octanol–water partition coefficient (Wildman–Crippen LogP) is 3.29. The highest BCUT2D eigenvalue weighted by molar-refractivity contribution is 5.88. The summed E-state index contributed by atoms with van der Waals surface area (Å²) < 4.78 is 5.48. The van der Waals surface area contributed by atoms with E-state index in [1.165, 1.54) is 5.57 Å². The molecule has 0 aliphatic rings. The van der Waals surface area contributed by atoms with Gasteiger partial charge in [0.05, 0.1) is 12.2 Å². The second-order valence-electron chi connectivity index (χ2n) is 4.05. The highest BCUT2D eigenvalue weighted by Gasteiger charge is 2.08. The summed E-state index contributed by atoms with van der Waals surface area (Å²) in [7, 11) is 0. The fraction of sp³-hybridized carbons (Fsp3) is 0.357. The molecule has 0 fully saturated rings. The number of rotatable bonds is 5. The van der Waals surface area contributed by atoms with E-state index in [1.807, 2.05) is 20.8 Å². The van der Waals surface area contributed by atoms with Crippen molar-refractivity contribution in [2.24, 2.45) is 0 Å². The second-order valence-corrected chi connectivity index (χ2v) is 4.05. The molecule has 92 valence electrons. The van der Waals surface area contributed by atoms with Crippen LogP contribution in [0.4, 0.5) is 0 Å². The number of benzene rings is 1. The maximum atomic E-state index is 10.9. The van der Waals surface area contributed by atoms with Crippen LogP contribution in [0.2, 0.25) is 0 Å². The summed E-state index contributed by atoms with van der Waals surface area (Å²) in [6.45, 7) is 6.52. The van der Waals surface area contributed by atoms with Gasteiger partial charge in [-0.15, -0.1) is 0 Å². The van der Waals surface area contributed by atoms with Crippen LogP contribution in [-0.2, 0) is 6.42 Å². The summed E-state index contributed by atoms with van der Waals surface area (Å²) in [5.74, 6) is -0.151. The molecule has 17 heavy (non-hydrogen) atoms. The molecule has 0 saturated carbocycles. The molecule has 0 spiro atoms. The molecule has 0 heterocycles. The first-order valence-corrected chi connectivity index (χ1v) is 5.67. The van der Waals surface area contributed by atoms with Crippen LogP contribution >= 0.6 is 0 Å². The molecule has 0 aliphatic carbocycles. The van der Waals surface area contributed by atoms with Gasteiger partial charge in [0.2, 0.25) is 0 Å². The first-order chi connectivity index (χ1) is 8.04. The summed E-state index contributed by atoms with van der Waals surface area (Å²) in [6.07, 6.45) is 2.75. The fourth-order valence-electron chi connectivity index (χ4n) is 1.48. The molecular formula is C14H18O3. The lowest BCUT2D eigenvalue weighted by molar-refractivity contribution is 0.0696. The SMILES string of the molecule is CCOc1ccc(C(=O)O)cc1CC=C(C)C. The molecule has 0 amide bonds. The summed E-state index contributed by atoms with van der Waals surface area (Å²) in [4.78, 5) is 10.9. The van der Waals surface area contributed by atoms with Crippen LogP contribution in [0.25, 0.3) is 0 Å². The van der Waals surface area contributed by atoms with E-state index in [2.05, 4.69) is 6.08 Å². The van der Waals surface area contributed by atoms with Gasteiger partial charge in [0.1, 0.15) is 5.75 Å². The quantitative estimate of drug-likeness (QED) is 0.795. The Balaban J connectivity index is 3.06. The second kappa shape index (κ2) is 6.09. The first-order valence-electron chi connectivity index (χ1n) is 5.67. The van der Waals surface area contributed by atoms with Gasteiger partial charge in [-0.3, -0.25) is 0 Å². The van der Waals surface area contributed by atoms with Crippen molar-refractivity contribution in [3.63, 3.8) is 0 Å². The number of carbonyl (C=O) groups is 1. The Kier molecular flexibility index (Phi) is 4.76. The Morgan fingerprint density at radius 3 is 2.65 bits per heavy atom. The van der Waals surface area contributed by atoms with Crippen molar-refractivity contribution in [3.05, 3.63) is 41.0 Å². The van der Waals surface area contributed by atoms with Crippen LogP contribution in [0.1, 0.15) is 36.7 Å². The van der Waals surface area contributed by atoms with Gasteiger partial charge in [-0.25, -0.2) is 4.79 Å². The van der Waals surface area contributed by atoms with Crippen LogP contribution in [0.3, 0.4) is 0 Å². The Labute approximate surface area is 102 Å². The number of allylic oxidation sites excluding steroid dienone is 2. The Bertz CT molecular complexity index is 429. The first kappa shape index (κ1) is 13.3. The molecule has 1 aromatic carbocycles. The molecule has 3 heteroatoms. The summed E-state index contributed by atoms with van der Waals surface area (Å²) >= 11 is 0. The maximum Gasteiger partial charge on any atom is 0.335 e. The molecule has 0 unspecified atom stereocenters. The van der Waals surface area contributed by atoms with Gasteiger partial charge in [0.25, 0.3) is 0 Å². The average molecular weight is 234 g/mol. The molecule has 0 bridgehead atoms. The average Bonchev–Trinajstić information content (AvgIpc) is 2.27. The van der Waals surface area contributed by atoms with Gasteiger partial charge < -0.3 is 9.84 Å². The zero-order valence-electron chi connectivity index (χ0n) is 10.5. The number of carboxylic acids is 1. The number of aromatic carboxylic acids is 1. The van der Waals surface area contributed by atoms with Crippen molar-refractivity contribution >= 4 is 5.97 Å². The lowest BCUT2D eigenvalue weighted by Crippen LogP contribution is -2.01. The number of carboxylic acid groups (broad SMARTS) is 1. The molecule has 1 N–H and O–H groups in total. The lowest BCUT2D eigenvalue weighted by atomic mass is 10.1. The largest absolute Gasteiger partial charge is 0.494 e. The highest BCUT2D eigenvalue weighted by atomic mass is 16.5. The molecule has 0 radical (unpaired) electrons. The van der Waals surface area contributed by atoms with Gasteiger partial charge in [0.15, 0.2) is 0 Å². The topological polar surface area (TPSA) is 46.5 Å². The minimum atomic E-state index is -0.911. The van der Waals surface area contributed by atoms with Gasteiger partial charge in [-0.05, 0) is 51.0 Å². The van der Waals surface area contributed by atoms with E-state index in [-0.39, 0.29) is 0 Å². The third-order valence-electron chi connectivity index (χ3n) is 2.34. The molecular weight excluding hydrogens is 216 g/mol. The number of ether oxygens (including phenoxy) is 1. The molecule has 0 saturated heterocycles. The van der Waals surface area contributed by atoms with Crippen LogP contribution < -0.4 is 4.74 Å². The number of hydrogen-bond donors (Lipinski definition) is 1. The molecule has 3 nitrogen and oxygen atoms in total. The smallest absolute Gasteiger partial charge is 0.335 e. The van der Waals surface area contributed by atoms with E-state index >= 15 is 0 Å². The predicted molar refractivity (Wildman–Crippen MR) is 67.7 cm³/mol. The van der Waals surface area contributed by atoms with E-state index in [4.69, 9.17) is 9.84 Å². The minimum absolute atomic E-state index is 0.297. The van der Waals surface area contributed by atoms with Crippen molar-refractivity contribution in [3.8, 4) is 5.75 Å². The molecule has 0 aliphatic heterocycles. The van der Waals surface area contributed by atoms with Crippen LogP contribution in [0.5, 0.6) is 5.75 Å². The Morgan fingerprint density at radius 1 is 1.41 bits per heavy atom. The van der Waals surface area contributed by atoms with Crippen molar-refractivity contribution in [1.82, 2.24) is 0 Å². The monoisotopic (exact) mass is 234 g/mol. The Hall–Kier alpha value is -1.77. The molecule has 0 atom stereocenters. The molecule has 1 aromatic rings. The summed E-state index contributed by atoms with van der Waals surface area (Å²) in [5, 5.41) is 8.95. The van der Waals surface area contributed by atoms with Crippen molar-refractivity contribution in [2.75, 3.05) is 6.61 Å². The summed E-state index contributed by atoms with van der Waals surface area (Å²) in [6, 6.07) is 4.97. The van der Waals surface area contributed by atoms with Crippen LogP contribution in [0, 0.1) is 0 Å². The van der Waals surface area contributed by atoms with E-state index < -0.39 is 5.97 Å².